The predicted octanol–water partition coefficient (Wildman–Crippen LogP) is 4.03. The summed E-state index contributed by atoms with van der Waals surface area (Å²) in [5.41, 5.74) is 1.87. The lowest BCUT2D eigenvalue weighted by Gasteiger charge is -2.57. The van der Waals surface area contributed by atoms with Gasteiger partial charge in [0.2, 0.25) is 0 Å². The van der Waals surface area contributed by atoms with Crippen molar-refractivity contribution in [3.8, 4) is 11.4 Å². The standard InChI is InChI=1S/C24H25FN4O2/c1-15-4-9-21(28-11-3-10-26-28)23(27-15)24(30)29-19-12-17(13-19)16(2)22(29)14-31-20-7-5-18(25)6-8-20/h3-11,16-17,19,22H,12-14H2,1-2H3/t16-,17?,19?,22?/m0/s1. The van der Waals surface area contributed by atoms with Crippen LogP contribution in [0.1, 0.15) is 35.9 Å². The number of nitrogens with zero attached hydrogens (tertiary/aromatic N) is 4. The summed E-state index contributed by atoms with van der Waals surface area (Å²) in [6.07, 6.45) is 5.54. The number of pyridine rings is 1. The molecule has 31 heavy (non-hydrogen) atoms. The molecule has 1 aliphatic carbocycles. The number of aromatic nitrogens is 3. The third-order valence-corrected chi connectivity index (χ3v) is 6.69. The fourth-order valence-electron chi connectivity index (χ4n) is 4.81. The number of rotatable bonds is 5. The van der Waals surface area contributed by atoms with Gasteiger partial charge in [0.05, 0.1) is 11.7 Å². The largest absolute Gasteiger partial charge is 0.491 e. The Morgan fingerprint density at radius 1 is 1.19 bits per heavy atom. The van der Waals surface area contributed by atoms with Crippen LogP contribution in [0.2, 0.25) is 0 Å². The quantitative estimate of drug-likeness (QED) is 0.625. The number of piperidine rings is 2. The Bertz CT molecular complexity index is 1080. The fourth-order valence-corrected chi connectivity index (χ4v) is 4.81. The highest BCUT2D eigenvalue weighted by Crippen LogP contribution is 2.47. The van der Waals surface area contributed by atoms with Crippen LogP contribution in [-0.4, -0.2) is 44.3 Å². The van der Waals surface area contributed by atoms with Gasteiger partial charge in [-0.15, -0.1) is 0 Å². The molecular formula is C24H25FN4O2. The van der Waals surface area contributed by atoms with Crippen LogP contribution in [-0.2, 0) is 0 Å². The molecule has 1 aromatic carbocycles. The number of carbonyl (C=O) groups is 1. The molecule has 2 atom stereocenters. The van der Waals surface area contributed by atoms with Crippen LogP contribution in [0, 0.1) is 24.6 Å². The maximum Gasteiger partial charge on any atom is 0.275 e. The summed E-state index contributed by atoms with van der Waals surface area (Å²) in [5.74, 6) is 1.13. The van der Waals surface area contributed by atoms with Gasteiger partial charge < -0.3 is 9.64 Å². The Kier molecular flexibility index (Phi) is 4.96. The van der Waals surface area contributed by atoms with Crippen LogP contribution in [0.4, 0.5) is 4.39 Å². The van der Waals surface area contributed by atoms with Gasteiger partial charge in [-0.25, -0.2) is 14.1 Å². The molecule has 6 nitrogen and oxygen atoms in total. The molecule has 3 aliphatic rings. The minimum atomic E-state index is -0.298. The molecule has 0 N–H and O–H groups in total. The number of aryl methyl sites for hydroxylation is 1. The van der Waals surface area contributed by atoms with Gasteiger partial charge in [-0.3, -0.25) is 4.79 Å². The van der Waals surface area contributed by atoms with Crippen LogP contribution >= 0.6 is 0 Å². The van der Waals surface area contributed by atoms with Crippen molar-refractivity contribution in [2.45, 2.75) is 38.8 Å². The second-order valence-corrected chi connectivity index (χ2v) is 8.56. The van der Waals surface area contributed by atoms with Gasteiger partial charge in [0.25, 0.3) is 5.91 Å². The summed E-state index contributed by atoms with van der Waals surface area (Å²) in [6, 6.07) is 11.7. The Morgan fingerprint density at radius 2 is 1.97 bits per heavy atom. The third kappa shape index (κ3) is 3.58. The highest BCUT2D eigenvalue weighted by atomic mass is 19.1. The van der Waals surface area contributed by atoms with Gasteiger partial charge >= 0.3 is 0 Å². The van der Waals surface area contributed by atoms with E-state index >= 15 is 0 Å². The highest BCUT2D eigenvalue weighted by molar-refractivity contribution is 5.96. The van der Waals surface area contributed by atoms with Crippen molar-refractivity contribution in [3.05, 3.63) is 72.1 Å². The van der Waals surface area contributed by atoms with Crippen molar-refractivity contribution in [1.29, 1.82) is 0 Å². The van der Waals surface area contributed by atoms with Gasteiger partial charge in [-0.1, -0.05) is 6.92 Å². The lowest BCUT2D eigenvalue weighted by atomic mass is 9.64. The predicted molar refractivity (Wildman–Crippen MR) is 114 cm³/mol. The Labute approximate surface area is 180 Å². The zero-order valence-corrected chi connectivity index (χ0v) is 17.6. The van der Waals surface area contributed by atoms with E-state index in [2.05, 4.69) is 17.0 Å². The molecule has 4 heterocycles. The molecule has 2 saturated heterocycles. The molecule has 0 radical (unpaired) electrons. The molecule has 6 rings (SSSR count). The first kappa shape index (κ1) is 19.7. The number of halogens is 1. The summed E-state index contributed by atoms with van der Waals surface area (Å²) in [7, 11) is 0. The molecule has 3 fully saturated rings. The van der Waals surface area contributed by atoms with Crippen LogP contribution < -0.4 is 4.74 Å². The third-order valence-electron chi connectivity index (χ3n) is 6.69. The lowest BCUT2D eigenvalue weighted by Crippen LogP contribution is -2.64. The zero-order valence-electron chi connectivity index (χ0n) is 17.6. The zero-order chi connectivity index (χ0) is 21.5. The lowest BCUT2D eigenvalue weighted by molar-refractivity contribution is -0.0673. The monoisotopic (exact) mass is 420 g/mol. The summed E-state index contributed by atoms with van der Waals surface area (Å²) in [4.78, 5) is 20.4. The van der Waals surface area contributed by atoms with E-state index < -0.39 is 0 Å². The molecular weight excluding hydrogens is 395 g/mol. The molecule has 2 aromatic heterocycles. The van der Waals surface area contributed by atoms with E-state index in [9.17, 15) is 9.18 Å². The number of fused-ring (bicyclic) bond motifs is 2. The smallest absolute Gasteiger partial charge is 0.275 e. The molecule has 1 unspecified atom stereocenters. The first-order chi connectivity index (χ1) is 15.0. The normalized spacial score (nSPS) is 24.5. The van der Waals surface area contributed by atoms with Crippen LogP contribution in [0.5, 0.6) is 5.75 Å². The average molecular weight is 420 g/mol. The van der Waals surface area contributed by atoms with E-state index in [0.717, 1.165) is 18.5 Å². The van der Waals surface area contributed by atoms with E-state index in [0.29, 0.717) is 35.6 Å². The van der Waals surface area contributed by atoms with Crippen molar-refractivity contribution >= 4 is 5.91 Å². The van der Waals surface area contributed by atoms with Crippen molar-refractivity contribution in [1.82, 2.24) is 19.7 Å². The van der Waals surface area contributed by atoms with Gasteiger partial charge in [0, 0.05) is 24.1 Å². The summed E-state index contributed by atoms with van der Waals surface area (Å²) in [5, 5.41) is 4.30. The van der Waals surface area contributed by atoms with E-state index in [1.54, 1.807) is 23.0 Å². The summed E-state index contributed by atoms with van der Waals surface area (Å²) < 4.78 is 20.9. The van der Waals surface area contributed by atoms with Gasteiger partial charge in [0.15, 0.2) is 5.69 Å². The molecule has 7 heteroatoms. The second-order valence-electron chi connectivity index (χ2n) is 8.56. The number of amides is 1. The molecule has 2 aliphatic heterocycles. The number of ether oxygens (including phenoxy) is 1. The van der Waals surface area contributed by atoms with Crippen molar-refractivity contribution in [3.63, 3.8) is 0 Å². The highest BCUT2D eigenvalue weighted by Gasteiger charge is 2.51. The van der Waals surface area contributed by atoms with Gasteiger partial charge in [-0.2, -0.15) is 5.10 Å². The molecule has 0 spiro atoms. The average Bonchev–Trinajstić information content (AvgIpc) is 3.27. The first-order valence-corrected chi connectivity index (χ1v) is 10.7. The second kappa shape index (κ2) is 7.80. The SMILES string of the molecule is Cc1ccc(-n2cccn2)c(C(=O)N2C3CC(C3)[C@H](C)C2COc2ccc(F)cc2)n1. The molecule has 2 bridgehead atoms. The molecule has 160 valence electrons. The Hall–Kier alpha value is -3.22. The van der Waals surface area contributed by atoms with E-state index in [-0.39, 0.29) is 23.8 Å². The van der Waals surface area contributed by atoms with Gasteiger partial charge in [0.1, 0.15) is 18.2 Å². The van der Waals surface area contributed by atoms with E-state index in [1.165, 1.54) is 12.1 Å². The Balaban J connectivity index is 1.45. The fraction of sp³-hybridized carbons (Fsp3) is 0.375. The number of benzene rings is 1. The van der Waals surface area contributed by atoms with Crippen LogP contribution in [0.3, 0.4) is 0 Å². The number of hydrogen-bond acceptors (Lipinski definition) is 4. The first-order valence-electron chi connectivity index (χ1n) is 10.7. The maximum absolute atomic E-state index is 13.8. The molecule has 1 amide bonds. The van der Waals surface area contributed by atoms with Crippen molar-refractivity contribution in [2.75, 3.05) is 6.61 Å². The Morgan fingerprint density at radius 3 is 2.68 bits per heavy atom. The summed E-state index contributed by atoms with van der Waals surface area (Å²) in [6.45, 7) is 4.45. The minimum Gasteiger partial charge on any atom is -0.491 e. The van der Waals surface area contributed by atoms with Crippen molar-refractivity contribution in [2.24, 2.45) is 11.8 Å². The molecule has 3 aromatic rings. The maximum atomic E-state index is 13.8. The van der Waals surface area contributed by atoms with Crippen LogP contribution in [0.25, 0.3) is 5.69 Å². The number of carbonyl (C=O) groups excluding carboxylic acids is 1. The topological polar surface area (TPSA) is 60.2 Å². The van der Waals surface area contributed by atoms with Gasteiger partial charge in [-0.05, 0) is 74.1 Å². The summed E-state index contributed by atoms with van der Waals surface area (Å²) >= 11 is 0. The van der Waals surface area contributed by atoms with E-state index in [1.807, 2.05) is 36.2 Å². The number of hydrogen-bond donors (Lipinski definition) is 0. The van der Waals surface area contributed by atoms with E-state index in [4.69, 9.17) is 4.74 Å². The van der Waals surface area contributed by atoms with Crippen LogP contribution in [0.15, 0.2) is 54.9 Å². The minimum absolute atomic E-state index is 0.0668. The van der Waals surface area contributed by atoms with Crippen molar-refractivity contribution < 1.29 is 13.9 Å². The molecule has 1 saturated carbocycles.